The number of ether oxygens (including phenoxy) is 2. The highest BCUT2D eigenvalue weighted by molar-refractivity contribution is 5.91. The van der Waals surface area contributed by atoms with E-state index in [2.05, 4.69) is 4.98 Å². The Morgan fingerprint density at radius 1 is 1.22 bits per heavy atom. The first-order chi connectivity index (χ1) is 10.9. The van der Waals surface area contributed by atoms with Crippen LogP contribution in [0.4, 0.5) is 0 Å². The highest BCUT2D eigenvalue weighted by Crippen LogP contribution is 2.24. The van der Waals surface area contributed by atoms with Gasteiger partial charge in [0.2, 0.25) is 5.88 Å². The van der Waals surface area contributed by atoms with Gasteiger partial charge < -0.3 is 15.2 Å². The molecule has 0 fully saturated rings. The summed E-state index contributed by atoms with van der Waals surface area (Å²) in [4.78, 5) is 16.0. The number of nitrogens with zero attached hydrogens (tertiary/aromatic N) is 1. The molecule has 0 aliphatic rings. The van der Waals surface area contributed by atoms with Crippen molar-refractivity contribution in [3.05, 3.63) is 53.7 Å². The Labute approximate surface area is 136 Å². The molecule has 5 heteroatoms. The molecular formula is C18H22N2O3. The van der Waals surface area contributed by atoms with Gasteiger partial charge in [0.25, 0.3) is 0 Å². The highest BCUT2D eigenvalue weighted by atomic mass is 16.5. The number of esters is 1. The van der Waals surface area contributed by atoms with Gasteiger partial charge in [-0.15, -0.1) is 0 Å². The van der Waals surface area contributed by atoms with Crippen LogP contribution < -0.4 is 10.5 Å². The predicted molar refractivity (Wildman–Crippen MR) is 88.7 cm³/mol. The van der Waals surface area contributed by atoms with Gasteiger partial charge in [0, 0.05) is 11.7 Å². The second-order valence-corrected chi connectivity index (χ2v) is 5.99. The number of carbonyl (C=O) groups is 1. The summed E-state index contributed by atoms with van der Waals surface area (Å²) in [5, 5.41) is 0. The van der Waals surface area contributed by atoms with E-state index in [1.165, 1.54) is 0 Å². The average molecular weight is 314 g/mol. The van der Waals surface area contributed by atoms with Crippen LogP contribution in [0.25, 0.3) is 0 Å². The smallest absolute Gasteiger partial charge is 0.343 e. The summed E-state index contributed by atoms with van der Waals surface area (Å²) in [6.07, 6.45) is 2.34. The molecule has 2 N–H and O–H groups in total. The Balaban J connectivity index is 2.15. The molecule has 0 spiro atoms. The van der Waals surface area contributed by atoms with E-state index in [4.69, 9.17) is 15.2 Å². The maximum atomic E-state index is 11.9. The summed E-state index contributed by atoms with van der Waals surface area (Å²) in [6, 6.07) is 10.9. The molecule has 0 bridgehead atoms. The molecule has 2 rings (SSSR count). The molecule has 2 aromatic rings. The maximum absolute atomic E-state index is 11.9. The van der Waals surface area contributed by atoms with Crippen molar-refractivity contribution in [3.8, 4) is 11.6 Å². The number of pyridine rings is 1. The molecule has 1 aromatic heterocycles. The Kier molecular flexibility index (Phi) is 5.34. The van der Waals surface area contributed by atoms with Crippen molar-refractivity contribution in [1.29, 1.82) is 0 Å². The lowest BCUT2D eigenvalue weighted by Crippen LogP contribution is -2.34. The number of carbonyl (C=O) groups excluding carboxylic acids is 1. The summed E-state index contributed by atoms with van der Waals surface area (Å²) in [5.41, 5.74) is 7.18. The Hall–Kier alpha value is -2.40. The normalized spacial score (nSPS) is 11.1. The Morgan fingerprint density at radius 2 is 1.91 bits per heavy atom. The zero-order chi connectivity index (χ0) is 16.9. The fourth-order valence-electron chi connectivity index (χ4n) is 2.15. The lowest BCUT2D eigenvalue weighted by Gasteiger charge is -2.18. The molecule has 0 aliphatic carbocycles. The minimum atomic E-state index is -0.447. The third-order valence-electron chi connectivity index (χ3n) is 3.06. The predicted octanol–water partition coefficient (Wildman–Crippen LogP) is 3.33. The van der Waals surface area contributed by atoms with Crippen LogP contribution in [0.3, 0.4) is 0 Å². The van der Waals surface area contributed by atoms with Gasteiger partial charge >= 0.3 is 5.97 Å². The van der Waals surface area contributed by atoms with Gasteiger partial charge in [-0.2, -0.15) is 0 Å². The molecule has 122 valence electrons. The van der Waals surface area contributed by atoms with Crippen LogP contribution in [0, 0.1) is 0 Å². The van der Waals surface area contributed by atoms with E-state index in [1.54, 1.807) is 25.3 Å². The van der Waals surface area contributed by atoms with Crippen molar-refractivity contribution < 1.29 is 14.3 Å². The summed E-state index contributed by atoms with van der Waals surface area (Å²) >= 11 is 0. The monoisotopic (exact) mass is 314 g/mol. The number of benzene rings is 1. The molecule has 1 heterocycles. The van der Waals surface area contributed by atoms with Crippen LogP contribution in [-0.2, 0) is 11.2 Å². The summed E-state index contributed by atoms with van der Waals surface area (Å²) in [7, 11) is 0. The van der Waals surface area contributed by atoms with Gasteiger partial charge in [0.1, 0.15) is 11.3 Å². The number of hydrogen-bond donors (Lipinski definition) is 1. The molecule has 23 heavy (non-hydrogen) atoms. The fourth-order valence-corrected chi connectivity index (χ4v) is 2.15. The maximum Gasteiger partial charge on any atom is 0.343 e. The van der Waals surface area contributed by atoms with Gasteiger partial charge in [-0.05, 0) is 57.0 Å². The van der Waals surface area contributed by atoms with Gasteiger partial charge in [-0.25, -0.2) is 9.78 Å². The van der Waals surface area contributed by atoms with Crippen molar-refractivity contribution in [2.45, 2.75) is 32.7 Å². The van der Waals surface area contributed by atoms with E-state index in [-0.39, 0.29) is 11.4 Å². The van der Waals surface area contributed by atoms with Gasteiger partial charge in [-0.3, -0.25) is 0 Å². The van der Waals surface area contributed by atoms with Crippen molar-refractivity contribution in [1.82, 2.24) is 4.98 Å². The number of aromatic nitrogens is 1. The second-order valence-electron chi connectivity index (χ2n) is 5.99. The Morgan fingerprint density at radius 3 is 2.52 bits per heavy atom. The van der Waals surface area contributed by atoms with E-state index in [0.717, 1.165) is 12.0 Å². The largest absolute Gasteiger partial charge is 0.462 e. The van der Waals surface area contributed by atoms with Gasteiger partial charge in [0.05, 0.1) is 6.61 Å². The van der Waals surface area contributed by atoms with Gasteiger partial charge in [0.15, 0.2) is 0 Å². The molecule has 0 amide bonds. The molecule has 0 radical (unpaired) electrons. The van der Waals surface area contributed by atoms with Crippen LogP contribution in [0.2, 0.25) is 0 Å². The Bertz CT molecular complexity index is 661. The highest BCUT2D eigenvalue weighted by Gasteiger charge is 2.16. The molecule has 1 aromatic carbocycles. The van der Waals surface area contributed by atoms with Crippen molar-refractivity contribution >= 4 is 5.97 Å². The van der Waals surface area contributed by atoms with Crippen molar-refractivity contribution in [2.24, 2.45) is 5.73 Å². The van der Waals surface area contributed by atoms with Crippen molar-refractivity contribution in [2.75, 3.05) is 6.61 Å². The zero-order valence-electron chi connectivity index (χ0n) is 13.7. The fraction of sp³-hybridized carbons (Fsp3) is 0.333. The topological polar surface area (TPSA) is 74.4 Å². The standard InChI is InChI=1S/C18H22N2O3/c1-4-22-17(21)15-6-5-11-20-16(15)23-14-9-7-13(8-10-14)12-18(2,3)19/h5-11H,4,12,19H2,1-3H3. The molecule has 0 aliphatic heterocycles. The zero-order valence-corrected chi connectivity index (χ0v) is 13.7. The number of rotatable bonds is 6. The van der Waals surface area contributed by atoms with Crippen LogP contribution in [0.1, 0.15) is 36.7 Å². The second kappa shape index (κ2) is 7.24. The summed E-state index contributed by atoms with van der Waals surface area (Å²) in [5.74, 6) is 0.391. The minimum Gasteiger partial charge on any atom is -0.462 e. The molecular weight excluding hydrogens is 292 g/mol. The molecule has 0 saturated heterocycles. The quantitative estimate of drug-likeness (QED) is 0.828. The lowest BCUT2D eigenvalue weighted by molar-refractivity contribution is 0.0522. The van der Waals surface area contributed by atoms with E-state index in [0.29, 0.717) is 17.9 Å². The lowest BCUT2D eigenvalue weighted by atomic mass is 9.96. The molecule has 0 saturated carbocycles. The average Bonchev–Trinajstić information content (AvgIpc) is 2.48. The first-order valence-electron chi connectivity index (χ1n) is 7.57. The number of hydrogen-bond acceptors (Lipinski definition) is 5. The minimum absolute atomic E-state index is 0.234. The first kappa shape index (κ1) is 17.0. The van der Waals surface area contributed by atoms with E-state index in [1.807, 2.05) is 38.1 Å². The molecule has 0 atom stereocenters. The SMILES string of the molecule is CCOC(=O)c1cccnc1Oc1ccc(CC(C)(C)N)cc1. The van der Waals surface area contributed by atoms with Crippen LogP contribution in [-0.4, -0.2) is 23.1 Å². The van der Waals surface area contributed by atoms with Crippen LogP contribution >= 0.6 is 0 Å². The summed E-state index contributed by atoms with van der Waals surface area (Å²) < 4.78 is 10.7. The summed E-state index contributed by atoms with van der Waals surface area (Å²) in [6.45, 7) is 6.02. The van der Waals surface area contributed by atoms with Crippen LogP contribution in [0.15, 0.2) is 42.6 Å². The van der Waals surface area contributed by atoms with Crippen molar-refractivity contribution in [3.63, 3.8) is 0 Å². The third-order valence-corrected chi connectivity index (χ3v) is 3.06. The van der Waals surface area contributed by atoms with Gasteiger partial charge in [-0.1, -0.05) is 12.1 Å². The van der Waals surface area contributed by atoms with Crippen LogP contribution in [0.5, 0.6) is 11.6 Å². The van der Waals surface area contributed by atoms with E-state index in [9.17, 15) is 4.79 Å². The third kappa shape index (κ3) is 5.07. The molecule has 5 nitrogen and oxygen atoms in total. The number of nitrogens with two attached hydrogens (primary N) is 1. The first-order valence-corrected chi connectivity index (χ1v) is 7.57. The van der Waals surface area contributed by atoms with E-state index >= 15 is 0 Å². The van der Waals surface area contributed by atoms with E-state index < -0.39 is 5.97 Å². The molecule has 0 unspecified atom stereocenters.